The molecule has 82 valence electrons. The Hall–Kier alpha value is -0.440. The number of halogens is 1. The van der Waals surface area contributed by atoms with Gasteiger partial charge in [-0.15, -0.1) is 0 Å². The van der Waals surface area contributed by atoms with Crippen molar-refractivity contribution in [2.75, 3.05) is 7.05 Å². The first-order chi connectivity index (χ1) is 6.65. The van der Waals surface area contributed by atoms with Gasteiger partial charge in [0.05, 0.1) is 6.04 Å². The van der Waals surface area contributed by atoms with Crippen LogP contribution < -0.4 is 5.32 Å². The minimum Gasteiger partial charge on any atom is -0.311 e. The molecule has 1 rings (SSSR count). The second kappa shape index (κ2) is 5.44. The molecule has 2 unspecified atom stereocenters. The van der Waals surface area contributed by atoms with Crippen LogP contribution in [0.15, 0.2) is 0 Å². The van der Waals surface area contributed by atoms with Crippen LogP contribution in [-0.2, 0) is 4.79 Å². The lowest BCUT2D eigenvalue weighted by Gasteiger charge is -2.28. The number of ketones is 1. The van der Waals surface area contributed by atoms with Crippen molar-refractivity contribution in [2.24, 2.45) is 5.92 Å². The number of rotatable bonds is 4. The molecule has 3 atom stereocenters. The van der Waals surface area contributed by atoms with Crippen LogP contribution in [0.1, 0.15) is 39.0 Å². The molecule has 0 aliphatic heterocycles. The SMILES string of the molecule is CNC(CC1CCCC[C@H]1F)C(C)=O. The van der Waals surface area contributed by atoms with E-state index in [1.807, 2.05) is 0 Å². The molecule has 0 amide bonds. The first-order valence-electron chi connectivity index (χ1n) is 5.47. The number of nitrogens with one attached hydrogen (secondary N) is 1. The maximum absolute atomic E-state index is 13.5. The Balaban J connectivity index is 2.43. The zero-order valence-corrected chi connectivity index (χ0v) is 9.05. The molecule has 1 aliphatic rings. The van der Waals surface area contributed by atoms with E-state index >= 15 is 0 Å². The Kier molecular flexibility index (Phi) is 4.52. The van der Waals surface area contributed by atoms with Gasteiger partial charge in [-0.3, -0.25) is 4.79 Å². The number of hydrogen-bond donors (Lipinski definition) is 1. The third-order valence-corrected chi connectivity index (χ3v) is 3.19. The summed E-state index contributed by atoms with van der Waals surface area (Å²) in [4.78, 5) is 11.2. The van der Waals surface area contributed by atoms with E-state index in [1.54, 1.807) is 14.0 Å². The van der Waals surface area contributed by atoms with Crippen molar-refractivity contribution in [3.05, 3.63) is 0 Å². The van der Waals surface area contributed by atoms with Gasteiger partial charge in [0, 0.05) is 0 Å². The van der Waals surface area contributed by atoms with Crippen LogP contribution in [0.2, 0.25) is 0 Å². The van der Waals surface area contributed by atoms with Crippen molar-refractivity contribution in [3.63, 3.8) is 0 Å². The second-order valence-electron chi connectivity index (χ2n) is 4.25. The fourth-order valence-electron chi connectivity index (χ4n) is 2.22. The fourth-order valence-corrected chi connectivity index (χ4v) is 2.22. The van der Waals surface area contributed by atoms with Crippen LogP contribution in [0.4, 0.5) is 4.39 Å². The van der Waals surface area contributed by atoms with Crippen LogP contribution in [0.3, 0.4) is 0 Å². The molecule has 1 saturated carbocycles. The highest BCUT2D eigenvalue weighted by molar-refractivity contribution is 5.81. The molecule has 3 heteroatoms. The monoisotopic (exact) mass is 201 g/mol. The summed E-state index contributed by atoms with van der Waals surface area (Å²) in [5.74, 6) is 0.204. The Morgan fingerprint density at radius 2 is 2.14 bits per heavy atom. The lowest BCUT2D eigenvalue weighted by Crippen LogP contribution is -2.37. The molecule has 14 heavy (non-hydrogen) atoms. The number of alkyl halides is 1. The predicted molar refractivity (Wildman–Crippen MR) is 55.0 cm³/mol. The molecule has 0 spiro atoms. The maximum atomic E-state index is 13.5. The minimum absolute atomic E-state index is 0.0881. The van der Waals surface area contributed by atoms with Crippen molar-refractivity contribution >= 4 is 5.78 Å². The molecule has 2 nitrogen and oxygen atoms in total. The Labute approximate surface area is 85.3 Å². The summed E-state index contributed by atoms with van der Waals surface area (Å²) in [6.45, 7) is 1.57. The second-order valence-corrected chi connectivity index (χ2v) is 4.25. The fraction of sp³-hybridized carbons (Fsp3) is 0.909. The standard InChI is InChI=1S/C11H20FNO/c1-8(14)11(13-2)7-9-5-3-4-6-10(9)12/h9-11,13H,3-7H2,1-2H3/t9?,10-,11?/m1/s1. The van der Waals surface area contributed by atoms with E-state index < -0.39 is 6.17 Å². The summed E-state index contributed by atoms with van der Waals surface area (Å²) < 4.78 is 13.5. The average molecular weight is 201 g/mol. The van der Waals surface area contributed by atoms with Gasteiger partial charge < -0.3 is 5.32 Å². The highest BCUT2D eigenvalue weighted by atomic mass is 19.1. The highest BCUT2D eigenvalue weighted by Gasteiger charge is 2.28. The molecule has 1 aliphatic carbocycles. The van der Waals surface area contributed by atoms with Crippen molar-refractivity contribution in [2.45, 2.75) is 51.2 Å². The lowest BCUT2D eigenvalue weighted by molar-refractivity contribution is -0.119. The predicted octanol–water partition coefficient (Wildman–Crippen LogP) is 2.08. The Morgan fingerprint density at radius 3 is 2.64 bits per heavy atom. The molecule has 0 aromatic heterocycles. The number of carbonyl (C=O) groups excluding carboxylic acids is 1. The molecule has 0 radical (unpaired) electrons. The lowest BCUT2D eigenvalue weighted by atomic mass is 9.82. The summed E-state index contributed by atoms with van der Waals surface area (Å²) in [5.41, 5.74) is 0. The van der Waals surface area contributed by atoms with Crippen molar-refractivity contribution in [3.8, 4) is 0 Å². The molecule has 0 saturated heterocycles. The van der Waals surface area contributed by atoms with Gasteiger partial charge in [0.15, 0.2) is 0 Å². The highest BCUT2D eigenvalue weighted by Crippen LogP contribution is 2.30. The topological polar surface area (TPSA) is 29.1 Å². The molecule has 1 fully saturated rings. The number of hydrogen-bond acceptors (Lipinski definition) is 2. The van der Waals surface area contributed by atoms with E-state index in [9.17, 15) is 9.18 Å². The molecular weight excluding hydrogens is 181 g/mol. The summed E-state index contributed by atoms with van der Waals surface area (Å²) in [5, 5.41) is 2.95. The van der Waals surface area contributed by atoms with Crippen LogP contribution in [-0.4, -0.2) is 25.0 Å². The average Bonchev–Trinajstić information content (AvgIpc) is 2.16. The number of carbonyl (C=O) groups is 1. The van der Waals surface area contributed by atoms with Gasteiger partial charge in [-0.2, -0.15) is 0 Å². The van der Waals surface area contributed by atoms with Gasteiger partial charge in [0.2, 0.25) is 0 Å². The number of Topliss-reactive ketones (excluding diaryl/α,β-unsaturated/α-hetero) is 1. The number of likely N-dealkylation sites (N-methyl/N-ethyl adjacent to an activating group) is 1. The zero-order chi connectivity index (χ0) is 10.6. The maximum Gasteiger partial charge on any atom is 0.146 e. The molecule has 1 N–H and O–H groups in total. The van der Waals surface area contributed by atoms with E-state index in [-0.39, 0.29) is 17.7 Å². The van der Waals surface area contributed by atoms with E-state index in [1.165, 1.54) is 0 Å². The van der Waals surface area contributed by atoms with Gasteiger partial charge >= 0.3 is 0 Å². The summed E-state index contributed by atoms with van der Waals surface area (Å²) in [6, 6.07) is -0.156. The Bertz CT molecular complexity index is 196. The quantitative estimate of drug-likeness (QED) is 0.754. The molecule has 0 bridgehead atoms. The van der Waals surface area contributed by atoms with Crippen LogP contribution in [0.25, 0.3) is 0 Å². The van der Waals surface area contributed by atoms with E-state index in [4.69, 9.17) is 0 Å². The van der Waals surface area contributed by atoms with Gasteiger partial charge in [-0.25, -0.2) is 4.39 Å². The molecule has 0 aromatic rings. The van der Waals surface area contributed by atoms with Gasteiger partial charge in [-0.05, 0) is 39.2 Å². The van der Waals surface area contributed by atoms with Gasteiger partial charge in [-0.1, -0.05) is 12.8 Å². The van der Waals surface area contributed by atoms with Crippen LogP contribution in [0.5, 0.6) is 0 Å². The summed E-state index contributed by atoms with van der Waals surface area (Å²) in [7, 11) is 1.77. The summed E-state index contributed by atoms with van der Waals surface area (Å²) >= 11 is 0. The van der Waals surface area contributed by atoms with Crippen molar-refractivity contribution in [1.29, 1.82) is 0 Å². The van der Waals surface area contributed by atoms with Crippen LogP contribution >= 0.6 is 0 Å². The van der Waals surface area contributed by atoms with Crippen molar-refractivity contribution in [1.82, 2.24) is 5.32 Å². The molecule has 0 aromatic carbocycles. The minimum atomic E-state index is -0.695. The van der Waals surface area contributed by atoms with Crippen molar-refractivity contribution < 1.29 is 9.18 Å². The van der Waals surface area contributed by atoms with Crippen LogP contribution in [0, 0.1) is 5.92 Å². The third-order valence-electron chi connectivity index (χ3n) is 3.19. The normalized spacial score (nSPS) is 29.9. The van der Waals surface area contributed by atoms with Gasteiger partial charge in [0.25, 0.3) is 0 Å². The smallest absolute Gasteiger partial charge is 0.146 e. The zero-order valence-electron chi connectivity index (χ0n) is 9.05. The van der Waals surface area contributed by atoms with E-state index in [2.05, 4.69) is 5.32 Å². The van der Waals surface area contributed by atoms with Gasteiger partial charge in [0.1, 0.15) is 12.0 Å². The first kappa shape index (κ1) is 11.6. The Morgan fingerprint density at radius 1 is 1.50 bits per heavy atom. The third kappa shape index (κ3) is 3.05. The van der Waals surface area contributed by atoms with E-state index in [0.717, 1.165) is 19.3 Å². The largest absolute Gasteiger partial charge is 0.311 e. The summed E-state index contributed by atoms with van der Waals surface area (Å²) in [6.07, 6.45) is 3.69. The molecule has 0 heterocycles. The molecular formula is C11H20FNO. The first-order valence-corrected chi connectivity index (χ1v) is 5.47. The van der Waals surface area contributed by atoms with E-state index in [0.29, 0.717) is 12.8 Å².